The number of nitrogens with zero attached hydrogens (tertiary/aromatic N) is 2. The van der Waals surface area contributed by atoms with E-state index in [1.54, 1.807) is 55.8 Å². The fourth-order valence-corrected chi connectivity index (χ4v) is 2.93. The number of rotatable bonds is 4. The predicted molar refractivity (Wildman–Crippen MR) is 104 cm³/mol. The molecule has 2 N–H and O–H groups in total. The first kappa shape index (κ1) is 16.9. The summed E-state index contributed by atoms with van der Waals surface area (Å²) in [4.78, 5) is 8.38. The molecule has 0 fully saturated rings. The third-order valence-electron chi connectivity index (χ3n) is 4.29. The molecule has 0 aliphatic heterocycles. The second kappa shape index (κ2) is 6.99. The molecule has 2 aromatic heterocycles. The monoisotopic (exact) mass is 362 g/mol. The van der Waals surface area contributed by atoms with Crippen LogP contribution < -0.4 is 10.6 Å². The summed E-state index contributed by atoms with van der Waals surface area (Å²) in [5.74, 6) is -1.13. The van der Waals surface area contributed by atoms with Crippen LogP contribution in [-0.4, -0.2) is 17.0 Å². The Morgan fingerprint density at radius 2 is 1.67 bits per heavy atom. The highest BCUT2D eigenvalue weighted by Gasteiger charge is 2.19. The zero-order valence-corrected chi connectivity index (χ0v) is 14.5. The molecule has 2 heterocycles. The van der Waals surface area contributed by atoms with E-state index in [4.69, 9.17) is 0 Å². The summed E-state index contributed by atoms with van der Waals surface area (Å²) >= 11 is 0. The van der Waals surface area contributed by atoms with E-state index in [1.165, 1.54) is 12.1 Å². The topological polar surface area (TPSA) is 49.8 Å². The Bertz CT molecular complexity index is 1110. The Balaban J connectivity index is 1.99. The minimum atomic E-state index is -0.610. The second-order valence-corrected chi connectivity index (χ2v) is 5.97. The quantitative estimate of drug-likeness (QED) is 0.513. The zero-order chi connectivity index (χ0) is 18.8. The van der Waals surface area contributed by atoms with Crippen LogP contribution in [0, 0.1) is 11.6 Å². The van der Waals surface area contributed by atoms with Crippen molar-refractivity contribution in [3.63, 3.8) is 0 Å². The fourth-order valence-electron chi connectivity index (χ4n) is 2.93. The smallest absolute Gasteiger partial charge is 0.173 e. The molecule has 4 rings (SSSR count). The summed E-state index contributed by atoms with van der Waals surface area (Å²) in [7, 11) is 1.79. The van der Waals surface area contributed by atoms with Crippen molar-refractivity contribution in [3.05, 3.63) is 78.6 Å². The van der Waals surface area contributed by atoms with E-state index in [-0.39, 0.29) is 16.9 Å². The second-order valence-electron chi connectivity index (χ2n) is 5.97. The van der Waals surface area contributed by atoms with Crippen LogP contribution in [0.2, 0.25) is 0 Å². The number of nitrogens with one attached hydrogen (secondary N) is 2. The Hall–Kier alpha value is -3.54. The molecule has 4 nitrogen and oxygen atoms in total. The first-order valence-electron chi connectivity index (χ1n) is 8.40. The fraction of sp³-hybridized carbons (Fsp3) is 0.0476. The molecule has 2 aromatic carbocycles. The van der Waals surface area contributed by atoms with Crippen LogP contribution in [0.3, 0.4) is 0 Å². The maximum atomic E-state index is 15.4. The highest BCUT2D eigenvalue weighted by Crippen LogP contribution is 2.36. The largest absolute Gasteiger partial charge is 0.388 e. The van der Waals surface area contributed by atoms with Crippen LogP contribution in [-0.2, 0) is 0 Å². The molecule has 0 unspecified atom stereocenters. The molecule has 0 radical (unpaired) electrons. The van der Waals surface area contributed by atoms with Gasteiger partial charge in [0.2, 0.25) is 0 Å². The molecule has 134 valence electrons. The van der Waals surface area contributed by atoms with E-state index in [0.717, 1.165) is 5.69 Å². The van der Waals surface area contributed by atoms with Crippen molar-refractivity contribution >= 4 is 28.0 Å². The Morgan fingerprint density at radius 3 is 2.41 bits per heavy atom. The van der Waals surface area contributed by atoms with Crippen molar-refractivity contribution in [2.45, 2.75) is 0 Å². The third-order valence-corrected chi connectivity index (χ3v) is 4.29. The lowest BCUT2D eigenvalue weighted by molar-refractivity contribution is 0.615. The van der Waals surface area contributed by atoms with Gasteiger partial charge in [-0.1, -0.05) is 12.1 Å². The molecular formula is C21H16F2N4. The summed E-state index contributed by atoms with van der Waals surface area (Å²) in [6.45, 7) is 0. The first-order valence-corrected chi connectivity index (χ1v) is 8.40. The molecule has 6 heteroatoms. The van der Waals surface area contributed by atoms with Crippen LogP contribution in [0.15, 0.2) is 67.0 Å². The van der Waals surface area contributed by atoms with E-state index < -0.39 is 11.6 Å². The lowest BCUT2D eigenvalue weighted by Gasteiger charge is -2.15. The normalized spacial score (nSPS) is 10.8. The maximum Gasteiger partial charge on any atom is 0.173 e. The third kappa shape index (κ3) is 3.17. The zero-order valence-electron chi connectivity index (χ0n) is 14.5. The molecule has 4 aromatic rings. The maximum absolute atomic E-state index is 15.4. The Morgan fingerprint density at radius 1 is 0.889 bits per heavy atom. The molecular weight excluding hydrogens is 346 g/mol. The molecule has 0 amide bonds. The van der Waals surface area contributed by atoms with Gasteiger partial charge in [-0.3, -0.25) is 4.98 Å². The summed E-state index contributed by atoms with van der Waals surface area (Å²) in [5, 5.41) is 6.72. The van der Waals surface area contributed by atoms with Gasteiger partial charge in [-0.05, 0) is 42.5 Å². The minimum Gasteiger partial charge on any atom is -0.388 e. The highest BCUT2D eigenvalue weighted by atomic mass is 19.1. The number of benzene rings is 2. The van der Waals surface area contributed by atoms with Crippen molar-refractivity contribution in [2.24, 2.45) is 0 Å². The summed E-state index contributed by atoms with van der Waals surface area (Å²) in [5.41, 5.74) is 2.38. The van der Waals surface area contributed by atoms with Crippen LogP contribution in [0.4, 0.5) is 25.8 Å². The van der Waals surface area contributed by atoms with E-state index in [0.29, 0.717) is 16.6 Å². The minimum absolute atomic E-state index is 0.0367. The van der Waals surface area contributed by atoms with Crippen molar-refractivity contribution in [3.8, 4) is 11.3 Å². The van der Waals surface area contributed by atoms with E-state index >= 15 is 4.39 Å². The van der Waals surface area contributed by atoms with E-state index in [2.05, 4.69) is 20.6 Å². The SMILES string of the molecule is CNc1ccc2c(Nc3ccncc3)c(F)c(-c3ccccc3F)nc2c1. The van der Waals surface area contributed by atoms with Gasteiger partial charge in [0.05, 0.1) is 11.2 Å². The van der Waals surface area contributed by atoms with E-state index in [1.807, 2.05) is 6.07 Å². The van der Waals surface area contributed by atoms with Gasteiger partial charge in [0.15, 0.2) is 5.82 Å². The molecule has 0 aliphatic rings. The van der Waals surface area contributed by atoms with Crippen molar-refractivity contribution in [1.82, 2.24) is 9.97 Å². The average Bonchev–Trinajstić information content (AvgIpc) is 2.71. The lowest BCUT2D eigenvalue weighted by atomic mass is 10.1. The van der Waals surface area contributed by atoms with Gasteiger partial charge >= 0.3 is 0 Å². The number of halogens is 2. The molecule has 27 heavy (non-hydrogen) atoms. The number of fused-ring (bicyclic) bond motifs is 1. The first-order chi connectivity index (χ1) is 13.2. The summed E-state index contributed by atoms with van der Waals surface area (Å²) < 4.78 is 29.7. The van der Waals surface area contributed by atoms with Crippen LogP contribution in [0.1, 0.15) is 0 Å². The standard InChI is InChI=1S/C21H16F2N4/c1-24-14-6-7-16-18(12-14)27-20(15-4-2-3-5-17(15)22)19(23)21(16)26-13-8-10-25-11-9-13/h2-12,24H,1H3,(H,25,26,27). The molecule has 0 saturated carbocycles. The number of hydrogen-bond donors (Lipinski definition) is 2. The van der Waals surface area contributed by atoms with Crippen molar-refractivity contribution < 1.29 is 8.78 Å². The van der Waals surface area contributed by atoms with Gasteiger partial charge in [-0.15, -0.1) is 0 Å². The number of hydrogen-bond acceptors (Lipinski definition) is 4. The van der Waals surface area contributed by atoms with E-state index in [9.17, 15) is 4.39 Å². The van der Waals surface area contributed by atoms with Gasteiger partial charge in [-0.25, -0.2) is 13.8 Å². The Labute approximate surface area is 154 Å². The van der Waals surface area contributed by atoms with Crippen molar-refractivity contribution in [2.75, 3.05) is 17.7 Å². The molecule has 0 aliphatic carbocycles. The number of pyridine rings is 2. The number of aromatic nitrogens is 2. The Kier molecular flexibility index (Phi) is 4.38. The molecule has 0 atom stereocenters. The van der Waals surface area contributed by atoms with Gasteiger partial charge < -0.3 is 10.6 Å². The van der Waals surface area contributed by atoms with Gasteiger partial charge in [0, 0.05) is 41.8 Å². The summed E-state index contributed by atoms with van der Waals surface area (Å²) in [6, 6.07) is 14.9. The predicted octanol–water partition coefficient (Wildman–Crippen LogP) is 5.36. The van der Waals surface area contributed by atoms with Crippen LogP contribution in [0.5, 0.6) is 0 Å². The summed E-state index contributed by atoms with van der Waals surface area (Å²) in [6.07, 6.45) is 3.22. The molecule has 0 spiro atoms. The number of anilines is 3. The average molecular weight is 362 g/mol. The van der Waals surface area contributed by atoms with Gasteiger partial charge in [0.1, 0.15) is 11.5 Å². The van der Waals surface area contributed by atoms with Gasteiger partial charge in [0.25, 0.3) is 0 Å². The van der Waals surface area contributed by atoms with Crippen LogP contribution in [0.25, 0.3) is 22.2 Å². The van der Waals surface area contributed by atoms with Crippen molar-refractivity contribution in [1.29, 1.82) is 0 Å². The van der Waals surface area contributed by atoms with Crippen LogP contribution >= 0.6 is 0 Å². The highest BCUT2D eigenvalue weighted by molar-refractivity contribution is 5.97. The lowest BCUT2D eigenvalue weighted by Crippen LogP contribution is -2.02. The molecule has 0 saturated heterocycles. The van der Waals surface area contributed by atoms with Gasteiger partial charge in [-0.2, -0.15) is 0 Å². The molecule has 0 bridgehead atoms.